The fraction of sp³-hybridized carbons (Fsp3) is 0.250. The third kappa shape index (κ3) is 4.30. The summed E-state index contributed by atoms with van der Waals surface area (Å²) in [6, 6.07) is 26.8. The zero-order chi connectivity index (χ0) is 22.8. The Labute approximate surface area is 194 Å². The van der Waals surface area contributed by atoms with E-state index in [1.165, 1.54) is 11.1 Å². The summed E-state index contributed by atoms with van der Waals surface area (Å²) in [5.74, 6) is -0.798. The predicted octanol–water partition coefficient (Wildman–Crippen LogP) is 5.01. The molecule has 2 heterocycles. The minimum absolute atomic E-state index is 0.161. The number of hydrogen-bond acceptors (Lipinski definition) is 3. The van der Waals surface area contributed by atoms with Crippen molar-refractivity contribution in [1.29, 1.82) is 0 Å². The van der Waals surface area contributed by atoms with Gasteiger partial charge in [-0.25, -0.2) is 0 Å². The van der Waals surface area contributed by atoms with Gasteiger partial charge < -0.3 is 10.1 Å². The molecule has 0 aliphatic carbocycles. The molecule has 0 saturated carbocycles. The second-order valence-electron chi connectivity index (χ2n) is 8.83. The molecule has 168 valence electrons. The molecule has 1 saturated heterocycles. The van der Waals surface area contributed by atoms with E-state index in [1.807, 2.05) is 37.4 Å². The number of carboxylic acids is 1. The highest BCUT2D eigenvalue weighted by atomic mass is 16.4. The van der Waals surface area contributed by atoms with Gasteiger partial charge in [0.25, 0.3) is 0 Å². The Morgan fingerprint density at radius 1 is 0.848 bits per heavy atom. The van der Waals surface area contributed by atoms with E-state index in [0.717, 1.165) is 35.1 Å². The number of piperazine rings is 1. The van der Waals surface area contributed by atoms with Crippen LogP contribution >= 0.6 is 0 Å². The Morgan fingerprint density at radius 3 is 2.00 bits per heavy atom. The molecule has 0 radical (unpaired) electrons. The first-order chi connectivity index (χ1) is 16.1. The van der Waals surface area contributed by atoms with Crippen LogP contribution in [0.3, 0.4) is 0 Å². The molecule has 1 aliphatic rings. The number of fused-ring (bicyclic) bond motifs is 1. The molecular weight excluding hydrogens is 410 g/mol. The Morgan fingerprint density at radius 2 is 1.42 bits per heavy atom. The summed E-state index contributed by atoms with van der Waals surface area (Å²) >= 11 is 0. The number of nitrogens with zero attached hydrogens (tertiary/aromatic N) is 2. The fourth-order valence-corrected chi connectivity index (χ4v) is 5.11. The van der Waals surface area contributed by atoms with Crippen LogP contribution in [0, 0.1) is 6.92 Å². The van der Waals surface area contributed by atoms with E-state index in [-0.39, 0.29) is 6.04 Å². The highest BCUT2D eigenvalue weighted by Gasteiger charge is 2.34. The summed E-state index contributed by atoms with van der Waals surface area (Å²) in [5, 5.41) is 11.2. The van der Waals surface area contributed by atoms with Crippen molar-refractivity contribution >= 4 is 16.9 Å². The quantitative estimate of drug-likeness (QED) is 0.443. The highest BCUT2D eigenvalue weighted by Crippen LogP contribution is 2.33. The van der Waals surface area contributed by atoms with Gasteiger partial charge in [0.1, 0.15) is 6.04 Å². The fourth-order valence-electron chi connectivity index (χ4n) is 5.11. The number of rotatable bonds is 6. The van der Waals surface area contributed by atoms with E-state index in [2.05, 4.69) is 69.4 Å². The molecule has 5 rings (SSSR count). The van der Waals surface area contributed by atoms with Crippen LogP contribution in [-0.2, 0) is 4.79 Å². The van der Waals surface area contributed by atoms with Gasteiger partial charge >= 0.3 is 5.97 Å². The molecule has 1 fully saturated rings. The van der Waals surface area contributed by atoms with Gasteiger partial charge in [-0.2, -0.15) is 0 Å². The van der Waals surface area contributed by atoms with Gasteiger partial charge in [0, 0.05) is 48.8 Å². The van der Waals surface area contributed by atoms with E-state index in [9.17, 15) is 9.90 Å². The number of carboxylic acid groups (broad SMARTS) is 1. The number of aliphatic carboxylic acids is 1. The third-order valence-electron chi connectivity index (χ3n) is 6.71. The molecule has 2 N–H and O–H groups in total. The second kappa shape index (κ2) is 9.22. The Hall–Kier alpha value is -3.41. The molecule has 0 bridgehead atoms. The lowest BCUT2D eigenvalue weighted by molar-refractivity contribution is -0.144. The summed E-state index contributed by atoms with van der Waals surface area (Å²) in [4.78, 5) is 20.3. The van der Waals surface area contributed by atoms with Gasteiger partial charge in [-0.15, -0.1) is 0 Å². The standard InChI is InChI=1S/C28H29N3O2/c1-20-12-13-25-23(18-20)24(19-29-25)27(28(32)33)31-16-14-30(15-17-31)26(21-8-4-2-5-9-21)22-10-6-3-7-11-22/h2-13,18-19,26-27,29H,14-17H2,1H3,(H,32,33). The number of carbonyl (C=O) groups is 1. The van der Waals surface area contributed by atoms with Crippen LogP contribution in [0.15, 0.2) is 85.1 Å². The SMILES string of the molecule is Cc1ccc2[nH]cc(C(C(=O)O)N3CCN(C(c4ccccc4)c4ccccc4)CC3)c2c1. The normalized spacial score (nSPS) is 16.3. The summed E-state index contributed by atoms with van der Waals surface area (Å²) in [5.41, 5.74) is 5.48. The summed E-state index contributed by atoms with van der Waals surface area (Å²) < 4.78 is 0. The van der Waals surface area contributed by atoms with Crippen LogP contribution in [-0.4, -0.2) is 52.0 Å². The Kier molecular flexibility index (Phi) is 5.99. The molecular formula is C28H29N3O2. The molecule has 0 spiro atoms. The predicted molar refractivity (Wildman–Crippen MR) is 131 cm³/mol. The summed E-state index contributed by atoms with van der Waals surface area (Å²) in [6.07, 6.45) is 1.87. The van der Waals surface area contributed by atoms with E-state index in [4.69, 9.17) is 0 Å². The number of benzene rings is 3. The summed E-state index contributed by atoms with van der Waals surface area (Å²) in [7, 11) is 0. The van der Waals surface area contributed by atoms with Crippen molar-refractivity contribution in [1.82, 2.24) is 14.8 Å². The van der Waals surface area contributed by atoms with Crippen molar-refractivity contribution in [3.05, 3.63) is 107 Å². The molecule has 5 nitrogen and oxygen atoms in total. The molecule has 1 aliphatic heterocycles. The number of aryl methyl sites for hydroxylation is 1. The van der Waals surface area contributed by atoms with Crippen molar-refractivity contribution in [2.24, 2.45) is 0 Å². The largest absolute Gasteiger partial charge is 0.480 e. The van der Waals surface area contributed by atoms with Crippen molar-refractivity contribution in [2.45, 2.75) is 19.0 Å². The van der Waals surface area contributed by atoms with E-state index >= 15 is 0 Å². The van der Waals surface area contributed by atoms with Crippen LogP contribution in [0.5, 0.6) is 0 Å². The smallest absolute Gasteiger partial charge is 0.325 e. The van der Waals surface area contributed by atoms with Crippen LogP contribution in [0.1, 0.15) is 34.3 Å². The topological polar surface area (TPSA) is 59.6 Å². The summed E-state index contributed by atoms with van der Waals surface area (Å²) in [6.45, 7) is 5.05. The molecule has 33 heavy (non-hydrogen) atoms. The molecule has 4 aromatic rings. The van der Waals surface area contributed by atoms with Gasteiger partial charge in [0.2, 0.25) is 0 Å². The van der Waals surface area contributed by atoms with Gasteiger partial charge in [-0.3, -0.25) is 14.6 Å². The lowest BCUT2D eigenvalue weighted by Crippen LogP contribution is -2.50. The number of H-pyrrole nitrogens is 1. The molecule has 1 unspecified atom stereocenters. The van der Waals surface area contributed by atoms with Crippen molar-refractivity contribution in [2.75, 3.05) is 26.2 Å². The number of nitrogens with one attached hydrogen (secondary N) is 1. The van der Waals surface area contributed by atoms with Gasteiger partial charge in [0.15, 0.2) is 0 Å². The zero-order valence-corrected chi connectivity index (χ0v) is 18.8. The maximum Gasteiger partial charge on any atom is 0.325 e. The first-order valence-corrected chi connectivity index (χ1v) is 11.5. The maximum absolute atomic E-state index is 12.4. The number of hydrogen-bond donors (Lipinski definition) is 2. The molecule has 1 atom stereocenters. The van der Waals surface area contributed by atoms with Crippen LogP contribution in [0.4, 0.5) is 0 Å². The van der Waals surface area contributed by atoms with E-state index in [1.54, 1.807) is 0 Å². The zero-order valence-electron chi connectivity index (χ0n) is 18.8. The first kappa shape index (κ1) is 21.4. The average molecular weight is 440 g/mol. The average Bonchev–Trinajstić information content (AvgIpc) is 3.24. The first-order valence-electron chi connectivity index (χ1n) is 11.5. The Balaban J connectivity index is 1.40. The second-order valence-corrected chi connectivity index (χ2v) is 8.83. The van der Waals surface area contributed by atoms with Crippen LogP contribution in [0.2, 0.25) is 0 Å². The molecule has 5 heteroatoms. The van der Waals surface area contributed by atoms with Gasteiger partial charge in [-0.1, -0.05) is 72.3 Å². The number of aromatic nitrogens is 1. The third-order valence-corrected chi connectivity index (χ3v) is 6.71. The molecule has 3 aromatic carbocycles. The Bertz CT molecular complexity index is 1190. The minimum atomic E-state index is -0.798. The lowest BCUT2D eigenvalue weighted by Gasteiger charge is -2.41. The van der Waals surface area contributed by atoms with E-state index in [0.29, 0.717) is 13.1 Å². The van der Waals surface area contributed by atoms with Crippen molar-refractivity contribution in [3.8, 4) is 0 Å². The van der Waals surface area contributed by atoms with Crippen LogP contribution < -0.4 is 0 Å². The highest BCUT2D eigenvalue weighted by molar-refractivity contribution is 5.89. The lowest BCUT2D eigenvalue weighted by atomic mass is 9.96. The monoisotopic (exact) mass is 439 g/mol. The van der Waals surface area contributed by atoms with E-state index < -0.39 is 12.0 Å². The number of aromatic amines is 1. The van der Waals surface area contributed by atoms with Crippen molar-refractivity contribution in [3.63, 3.8) is 0 Å². The molecule has 1 aromatic heterocycles. The minimum Gasteiger partial charge on any atom is -0.480 e. The van der Waals surface area contributed by atoms with Crippen molar-refractivity contribution < 1.29 is 9.90 Å². The maximum atomic E-state index is 12.4. The van der Waals surface area contributed by atoms with Gasteiger partial charge in [-0.05, 0) is 30.2 Å². The molecule has 0 amide bonds. The van der Waals surface area contributed by atoms with Crippen LogP contribution in [0.25, 0.3) is 10.9 Å². The van der Waals surface area contributed by atoms with Gasteiger partial charge in [0.05, 0.1) is 6.04 Å².